The van der Waals surface area contributed by atoms with Crippen LogP contribution >= 0.6 is 0 Å². The number of rotatable bonds is 4. The van der Waals surface area contributed by atoms with Gasteiger partial charge in [-0.2, -0.15) is 0 Å². The van der Waals surface area contributed by atoms with Crippen LogP contribution in [0.2, 0.25) is 0 Å². The highest BCUT2D eigenvalue weighted by Gasteiger charge is 2.26. The molecule has 25 heavy (non-hydrogen) atoms. The lowest BCUT2D eigenvalue weighted by molar-refractivity contribution is -0.136. The summed E-state index contributed by atoms with van der Waals surface area (Å²) in [5, 5.41) is 0. The number of ether oxygens (including phenoxy) is 1. The molecule has 0 saturated carbocycles. The van der Waals surface area contributed by atoms with Gasteiger partial charge in [-0.25, -0.2) is 4.98 Å². The van der Waals surface area contributed by atoms with Gasteiger partial charge >= 0.3 is 0 Å². The summed E-state index contributed by atoms with van der Waals surface area (Å²) in [7, 11) is 1.61. The summed E-state index contributed by atoms with van der Waals surface area (Å²) < 4.78 is 5.16. The minimum atomic E-state index is -0.119. The quantitative estimate of drug-likeness (QED) is 0.926. The van der Waals surface area contributed by atoms with Gasteiger partial charge in [0.2, 0.25) is 5.91 Å². The predicted molar refractivity (Wildman–Crippen MR) is 95.4 cm³/mol. The number of H-pyrrole nitrogens is 1. The molecule has 1 amide bonds. The molecule has 1 aromatic heterocycles. The van der Waals surface area contributed by atoms with Crippen molar-refractivity contribution in [2.24, 2.45) is 5.92 Å². The zero-order valence-electron chi connectivity index (χ0n) is 14.8. The molecule has 6 nitrogen and oxygen atoms in total. The number of nitrogens with zero attached hydrogens (tertiary/aromatic N) is 2. The second kappa shape index (κ2) is 7.09. The van der Waals surface area contributed by atoms with Crippen molar-refractivity contribution in [1.82, 2.24) is 14.9 Å². The van der Waals surface area contributed by atoms with Crippen LogP contribution in [0, 0.1) is 5.92 Å². The molecular weight excluding hydrogens is 318 g/mol. The Bertz CT molecular complexity index is 827. The molecule has 2 aromatic rings. The number of hydrogen-bond acceptors (Lipinski definition) is 4. The molecule has 3 rings (SSSR count). The standard InChI is InChI=1S/C19H23N3O3/c1-4-12(2)19(24)22-10-9-15-16(11-22)20-17(21-18(15)23)13-5-7-14(25-3)8-6-13/h5-8,12H,4,9-11H2,1-3H3,(H,20,21,23)/t12-/m0/s1. The van der Waals surface area contributed by atoms with Gasteiger partial charge in [0, 0.05) is 23.6 Å². The topological polar surface area (TPSA) is 75.3 Å². The Balaban J connectivity index is 1.92. The van der Waals surface area contributed by atoms with E-state index in [4.69, 9.17) is 4.74 Å². The van der Waals surface area contributed by atoms with Crippen LogP contribution in [0.15, 0.2) is 29.1 Å². The second-order valence-corrected chi connectivity index (χ2v) is 6.39. The Morgan fingerprint density at radius 3 is 2.72 bits per heavy atom. The summed E-state index contributed by atoms with van der Waals surface area (Å²) in [5.41, 5.74) is 2.07. The van der Waals surface area contributed by atoms with Gasteiger partial charge in [0.05, 0.1) is 19.3 Å². The summed E-state index contributed by atoms with van der Waals surface area (Å²) in [6.45, 7) is 4.91. The lowest BCUT2D eigenvalue weighted by Gasteiger charge is -2.29. The molecule has 1 atom stereocenters. The Hall–Kier alpha value is -2.63. The number of fused-ring (bicyclic) bond motifs is 1. The number of benzene rings is 1. The number of aromatic amines is 1. The van der Waals surface area contributed by atoms with Crippen molar-refractivity contribution < 1.29 is 9.53 Å². The van der Waals surface area contributed by atoms with Crippen molar-refractivity contribution in [3.63, 3.8) is 0 Å². The van der Waals surface area contributed by atoms with E-state index in [-0.39, 0.29) is 17.4 Å². The van der Waals surface area contributed by atoms with Gasteiger partial charge in [-0.1, -0.05) is 13.8 Å². The van der Waals surface area contributed by atoms with Crippen molar-refractivity contribution in [1.29, 1.82) is 0 Å². The van der Waals surface area contributed by atoms with Gasteiger partial charge in [0.25, 0.3) is 5.56 Å². The average molecular weight is 341 g/mol. The molecule has 1 aliphatic rings. The van der Waals surface area contributed by atoms with Crippen LogP contribution in [0.25, 0.3) is 11.4 Å². The van der Waals surface area contributed by atoms with Crippen molar-refractivity contribution in [3.8, 4) is 17.1 Å². The number of hydrogen-bond donors (Lipinski definition) is 1. The molecular formula is C19H23N3O3. The smallest absolute Gasteiger partial charge is 0.254 e. The Morgan fingerprint density at radius 2 is 2.08 bits per heavy atom. The van der Waals surface area contributed by atoms with Gasteiger partial charge in [0.15, 0.2) is 0 Å². The average Bonchev–Trinajstić information content (AvgIpc) is 2.66. The molecule has 1 N–H and O–H groups in total. The highest BCUT2D eigenvalue weighted by atomic mass is 16.5. The minimum absolute atomic E-state index is 0.00962. The summed E-state index contributed by atoms with van der Waals surface area (Å²) in [6, 6.07) is 7.36. The number of methoxy groups -OCH3 is 1. The monoisotopic (exact) mass is 341 g/mol. The number of nitrogens with one attached hydrogen (secondary N) is 1. The third kappa shape index (κ3) is 3.43. The van der Waals surface area contributed by atoms with Crippen LogP contribution in [-0.4, -0.2) is 34.4 Å². The number of aromatic nitrogens is 2. The minimum Gasteiger partial charge on any atom is -0.497 e. The zero-order chi connectivity index (χ0) is 18.0. The summed E-state index contributed by atoms with van der Waals surface area (Å²) in [6.07, 6.45) is 1.35. The van der Waals surface area contributed by atoms with Crippen LogP contribution in [0.4, 0.5) is 0 Å². The summed E-state index contributed by atoms with van der Waals surface area (Å²) in [5.74, 6) is 1.38. The maximum Gasteiger partial charge on any atom is 0.254 e. The van der Waals surface area contributed by atoms with Crippen molar-refractivity contribution in [2.45, 2.75) is 33.2 Å². The van der Waals surface area contributed by atoms with E-state index in [1.165, 1.54) is 0 Å². The van der Waals surface area contributed by atoms with Crippen LogP contribution in [0.1, 0.15) is 31.5 Å². The van der Waals surface area contributed by atoms with E-state index in [9.17, 15) is 9.59 Å². The second-order valence-electron chi connectivity index (χ2n) is 6.39. The first-order chi connectivity index (χ1) is 12.0. The Kier molecular flexibility index (Phi) is 4.88. The molecule has 6 heteroatoms. The first-order valence-electron chi connectivity index (χ1n) is 8.58. The summed E-state index contributed by atoms with van der Waals surface area (Å²) in [4.78, 5) is 34.2. The zero-order valence-corrected chi connectivity index (χ0v) is 14.8. The fourth-order valence-corrected chi connectivity index (χ4v) is 3.00. The van der Waals surface area contributed by atoms with E-state index in [1.54, 1.807) is 12.0 Å². The SMILES string of the molecule is CC[C@H](C)C(=O)N1CCc2c(nc(-c3ccc(OC)cc3)[nH]c2=O)C1. The molecule has 132 valence electrons. The van der Waals surface area contributed by atoms with Crippen LogP contribution in [-0.2, 0) is 17.8 Å². The van der Waals surface area contributed by atoms with Gasteiger partial charge in [0.1, 0.15) is 11.6 Å². The van der Waals surface area contributed by atoms with Crippen LogP contribution in [0.3, 0.4) is 0 Å². The van der Waals surface area contributed by atoms with E-state index in [1.807, 2.05) is 38.1 Å². The van der Waals surface area contributed by atoms with Crippen LogP contribution < -0.4 is 10.3 Å². The van der Waals surface area contributed by atoms with Crippen molar-refractivity contribution in [3.05, 3.63) is 45.9 Å². The normalized spacial score (nSPS) is 14.8. The van der Waals surface area contributed by atoms with E-state index < -0.39 is 0 Å². The maximum absolute atomic E-state index is 12.4. The largest absolute Gasteiger partial charge is 0.497 e. The first-order valence-corrected chi connectivity index (χ1v) is 8.58. The third-order valence-electron chi connectivity index (χ3n) is 4.78. The van der Waals surface area contributed by atoms with Gasteiger partial charge in [-0.05, 0) is 37.1 Å². The van der Waals surface area contributed by atoms with E-state index in [2.05, 4.69) is 9.97 Å². The van der Waals surface area contributed by atoms with E-state index >= 15 is 0 Å². The van der Waals surface area contributed by atoms with Crippen molar-refractivity contribution >= 4 is 5.91 Å². The van der Waals surface area contributed by atoms with Crippen LogP contribution in [0.5, 0.6) is 5.75 Å². The van der Waals surface area contributed by atoms with Gasteiger partial charge < -0.3 is 14.6 Å². The van der Waals surface area contributed by atoms with Gasteiger partial charge in [-0.3, -0.25) is 9.59 Å². The molecule has 0 unspecified atom stereocenters. The lowest BCUT2D eigenvalue weighted by atomic mass is 10.0. The molecule has 0 radical (unpaired) electrons. The molecule has 0 aliphatic carbocycles. The number of amides is 1. The van der Waals surface area contributed by atoms with E-state index in [0.717, 1.165) is 17.7 Å². The molecule has 1 aliphatic heterocycles. The Morgan fingerprint density at radius 1 is 1.36 bits per heavy atom. The number of carbonyl (C=O) groups is 1. The fraction of sp³-hybridized carbons (Fsp3) is 0.421. The molecule has 0 fully saturated rings. The highest BCUT2D eigenvalue weighted by molar-refractivity contribution is 5.78. The highest BCUT2D eigenvalue weighted by Crippen LogP contribution is 2.22. The molecule has 1 aromatic carbocycles. The van der Waals surface area contributed by atoms with Gasteiger partial charge in [-0.15, -0.1) is 0 Å². The third-order valence-corrected chi connectivity index (χ3v) is 4.78. The molecule has 0 saturated heterocycles. The lowest BCUT2D eigenvalue weighted by Crippen LogP contribution is -2.41. The van der Waals surface area contributed by atoms with Crippen molar-refractivity contribution in [2.75, 3.05) is 13.7 Å². The first kappa shape index (κ1) is 17.2. The molecule has 0 bridgehead atoms. The number of carbonyl (C=O) groups excluding carboxylic acids is 1. The molecule has 2 heterocycles. The predicted octanol–water partition coefficient (Wildman–Crippen LogP) is 2.38. The molecule has 0 spiro atoms. The maximum atomic E-state index is 12.4. The Labute approximate surface area is 146 Å². The van der Waals surface area contributed by atoms with E-state index in [0.29, 0.717) is 36.6 Å². The fourth-order valence-electron chi connectivity index (χ4n) is 3.00. The summed E-state index contributed by atoms with van der Waals surface area (Å²) >= 11 is 0.